The van der Waals surface area contributed by atoms with E-state index in [0.29, 0.717) is 0 Å². The van der Waals surface area contributed by atoms with Crippen LogP contribution in [0.25, 0.3) is 72.5 Å². The third-order valence-electron chi connectivity index (χ3n) is 7.16. The molecule has 0 N–H and O–H groups in total. The van der Waals surface area contributed by atoms with Gasteiger partial charge in [-0.2, -0.15) is 0 Å². The summed E-state index contributed by atoms with van der Waals surface area (Å²) < 4.78 is 2.29. The molecule has 0 atom stereocenters. The Hall–Kier alpha value is -5.16. The minimum absolute atomic E-state index is 0.837. The van der Waals surface area contributed by atoms with Crippen LogP contribution >= 0.6 is 0 Å². The minimum Gasteiger partial charge on any atom is -0.308 e. The van der Waals surface area contributed by atoms with Gasteiger partial charge in [0.15, 0.2) is 0 Å². The Kier molecular flexibility index (Phi) is 4.16. The van der Waals surface area contributed by atoms with Crippen LogP contribution in [0.15, 0.2) is 116 Å². The van der Waals surface area contributed by atoms with Crippen LogP contribution in [-0.2, 0) is 0 Å². The zero-order valence-electron chi connectivity index (χ0n) is 19.7. The maximum absolute atomic E-state index is 5.07. The third-order valence-corrected chi connectivity index (χ3v) is 7.16. The molecule has 8 rings (SSSR count). The van der Waals surface area contributed by atoms with Gasteiger partial charge in [0.1, 0.15) is 0 Å². The van der Waals surface area contributed by atoms with Gasteiger partial charge < -0.3 is 4.57 Å². The van der Waals surface area contributed by atoms with Crippen molar-refractivity contribution < 1.29 is 0 Å². The zero-order chi connectivity index (χ0) is 24.3. The summed E-state index contributed by atoms with van der Waals surface area (Å²) in [6.45, 7) is 0. The molecular weight excluding hydrogens is 454 g/mol. The molecule has 0 saturated heterocycles. The van der Waals surface area contributed by atoms with Crippen molar-refractivity contribution in [3.8, 4) is 50.7 Å². The van der Waals surface area contributed by atoms with E-state index in [1.807, 2.05) is 43.0 Å². The van der Waals surface area contributed by atoms with Crippen LogP contribution in [0.4, 0.5) is 0 Å². The number of para-hydroxylation sites is 2. The summed E-state index contributed by atoms with van der Waals surface area (Å²) in [5.41, 5.74) is 10.6. The smallest absolute Gasteiger partial charge is 0.0973 e. The number of hydrogen-bond acceptors (Lipinski definition) is 4. The van der Waals surface area contributed by atoms with Gasteiger partial charge in [-0.1, -0.05) is 54.6 Å². The van der Waals surface area contributed by atoms with E-state index in [0.717, 1.165) is 61.8 Å². The minimum atomic E-state index is 0.837. The van der Waals surface area contributed by atoms with Gasteiger partial charge >= 0.3 is 0 Å². The Morgan fingerprint density at radius 1 is 0.432 bits per heavy atom. The van der Waals surface area contributed by atoms with Gasteiger partial charge in [0, 0.05) is 51.6 Å². The largest absolute Gasteiger partial charge is 0.308 e. The van der Waals surface area contributed by atoms with Crippen molar-refractivity contribution in [2.24, 2.45) is 0 Å². The highest BCUT2D eigenvalue weighted by molar-refractivity contribution is 6.09. The van der Waals surface area contributed by atoms with E-state index in [1.165, 1.54) is 10.8 Å². The number of aromatic nitrogens is 5. The van der Waals surface area contributed by atoms with E-state index in [1.54, 1.807) is 0 Å². The van der Waals surface area contributed by atoms with Crippen molar-refractivity contribution in [2.75, 3.05) is 0 Å². The fourth-order valence-electron chi connectivity index (χ4n) is 5.60. The first kappa shape index (κ1) is 20.1. The van der Waals surface area contributed by atoms with E-state index < -0.39 is 0 Å². The fourth-order valence-corrected chi connectivity index (χ4v) is 5.60. The Balaban J connectivity index is 1.49. The van der Waals surface area contributed by atoms with Crippen LogP contribution in [0.1, 0.15) is 0 Å². The van der Waals surface area contributed by atoms with Gasteiger partial charge in [0.2, 0.25) is 0 Å². The van der Waals surface area contributed by atoms with E-state index in [4.69, 9.17) is 19.9 Å². The predicted octanol–water partition coefficient (Wildman–Crippen LogP) is 7.35. The molecular formula is C32H19N5. The van der Waals surface area contributed by atoms with Gasteiger partial charge in [0.05, 0.1) is 45.7 Å². The number of hydrogen-bond donors (Lipinski definition) is 0. The molecule has 37 heavy (non-hydrogen) atoms. The standard InChI is InChI=1S/C32H19N5/c1-3-13-27-21(8-1)22-9-2-4-14-28(22)37(27)20-18-26-25-12-7-17-35-31(25)29-23(10-5-15-33-29)24-11-6-16-34-30(24)32(26)36-19-20/h1-19H. The lowest BCUT2D eigenvalue weighted by Gasteiger charge is -2.21. The van der Waals surface area contributed by atoms with Crippen molar-refractivity contribution in [2.45, 2.75) is 0 Å². The predicted molar refractivity (Wildman–Crippen MR) is 147 cm³/mol. The first-order valence-electron chi connectivity index (χ1n) is 12.2. The van der Waals surface area contributed by atoms with Gasteiger partial charge in [-0.25, -0.2) is 0 Å². The molecule has 5 heteroatoms. The lowest BCUT2D eigenvalue weighted by Crippen LogP contribution is -2.04. The molecule has 5 nitrogen and oxygen atoms in total. The molecule has 0 saturated carbocycles. The van der Waals surface area contributed by atoms with Gasteiger partial charge in [-0.3, -0.25) is 19.9 Å². The lowest BCUT2D eigenvalue weighted by atomic mass is 9.89. The molecule has 0 spiro atoms. The van der Waals surface area contributed by atoms with Gasteiger partial charge in [-0.15, -0.1) is 0 Å². The summed E-state index contributed by atoms with van der Waals surface area (Å²) in [6, 6.07) is 31.4. The summed E-state index contributed by atoms with van der Waals surface area (Å²) in [7, 11) is 0. The molecule has 0 fully saturated rings. The Labute approximate surface area is 212 Å². The van der Waals surface area contributed by atoms with Crippen molar-refractivity contribution in [1.29, 1.82) is 0 Å². The topological polar surface area (TPSA) is 56.5 Å². The van der Waals surface area contributed by atoms with E-state index in [2.05, 4.69) is 77.4 Å². The average Bonchev–Trinajstić information content (AvgIpc) is 3.31. The van der Waals surface area contributed by atoms with Crippen molar-refractivity contribution in [3.05, 3.63) is 116 Å². The summed E-state index contributed by atoms with van der Waals surface area (Å²) >= 11 is 0. The summed E-state index contributed by atoms with van der Waals surface area (Å²) in [5.74, 6) is 0. The lowest BCUT2D eigenvalue weighted by molar-refractivity contribution is 1.13. The molecule has 0 radical (unpaired) electrons. The molecule has 5 aromatic heterocycles. The normalized spacial score (nSPS) is 11.8. The summed E-state index contributed by atoms with van der Waals surface area (Å²) in [4.78, 5) is 19.5. The third kappa shape index (κ3) is 2.85. The van der Waals surface area contributed by atoms with Crippen LogP contribution in [0.2, 0.25) is 0 Å². The quantitative estimate of drug-likeness (QED) is 0.250. The zero-order valence-corrected chi connectivity index (χ0v) is 19.7. The number of rotatable bonds is 1. The highest BCUT2D eigenvalue weighted by Gasteiger charge is 2.25. The highest BCUT2D eigenvalue weighted by atomic mass is 15.0. The maximum atomic E-state index is 5.07. The molecule has 7 aromatic rings. The number of benzene rings is 2. The van der Waals surface area contributed by atoms with E-state index in [9.17, 15) is 0 Å². The van der Waals surface area contributed by atoms with Gasteiger partial charge in [-0.05, 0) is 36.4 Å². The molecule has 0 unspecified atom stereocenters. The molecule has 2 aromatic carbocycles. The van der Waals surface area contributed by atoms with Crippen LogP contribution in [-0.4, -0.2) is 24.5 Å². The highest BCUT2D eigenvalue weighted by Crippen LogP contribution is 2.45. The second kappa shape index (κ2) is 7.67. The van der Waals surface area contributed by atoms with Crippen LogP contribution < -0.4 is 0 Å². The van der Waals surface area contributed by atoms with Crippen molar-refractivity contribution >= 4 is 21.8 Å². The van der Waals surface area contributed by atoms with Gasteiger partial charge in [0.25, 0.3) is 0 Å². The molecule has 1 aliphatic carbocycles. The first-order chi connectivity index (χ1) is 18.4. The van der Waals surface area contributed by atoms with Crippen molar-refractivity contribution in [3.63, 3.8) is 0 Å². The fraction of sp³-hybridized carbons (Fsp3) is 0. The average molecular weight is 474 g/mol. The molecule has 0 aliphatic heterocycles. The summed E-state index contributed by atoms with van der Waals surface area (Å²) in [5, 5.41) is 2.44. The second-order valence-corrected chi connectivity index (χ2v) is 9.16. The first-order valence-corrected chi connectivity index (χ1v) is 12.2. The number of nitrogens with zero attached hydrogens (tertiary/aromatic N) is 5. The van der Waals surface area contributed by atoms with E-state index in [-0.39, 0.29) is 0 Å². The molecule has 5 heterocycles. The number of pyridine rings is 4. The van der Waals surface area contributed by atoms with Crippen LogP contribution in [0.3, 0.4) is 0 Å². The SMILES string of the molecule is c1cnc2c(c1)-c1cccnc1-c1ncc(-n3c4ccccc4c4ccccc43)cc1-c1cccnc1-2. The molecule has 172 valence electrons. The Morgan fingerprint density at radius 3 is 1.43 bits per heavy atom. The van der Waals surface area contributed by atoms with Crippen LogP contribution in [0.5, 0.6) is 0 Å². The second-order valence-electron chi connectivity index (χ2n) is 9.16. The van der Waals surface area contributed by atoms with Crippen LogP contribution in [0, 0.1) is 0 Å². The van der Waals surface area contributed by atoms with Crippen molar-refractivity contribution in [1.82, 2.24) is 24.5 Å². The summed E-state index contributed by atoms with van der Waals surface area (Å²) in [6.07, 6.45) is 7.43. The Bertz CT molecular complexity index is 1940. The Morgan fingerprint density at radius 2 is 0.892 bits per heavy atom. The monoisotopic (exact) mass is 473 g/mol. The maximum Gasteiger partial charge on any atom is 0.0973 e. The van der Waals surface area contributed by atoms with E-state index >= 15 is 0 Å². The molecule has 1 aliphatic rings. The number of fused-ring (bicyclic) bond motifs is 11. The molecule has 0 bridgehead atoms. The molecule has 0 amide bonds.